The standard InChI is InChI=1S/C72H139NO13/c1-3-5-7-9-11-13-15-17-19-21-23-25-27-28-29-30-31-32-34-35-37-39-41-43-45-47-49-51-53-55-61(76)60(59-83-71-69(82)67(80)70(63(58-75)85-71)86-72-68(81)66(79)65(78)62(57-74)84-72)73-64(77)56-54-52-50-48-46-44-42-40-38-36-33-26-24-22-20-18-16-14-12-10-8-6-4-2/h53,55,60-63,65-72,74-76,78-82H,3-52,54,56-59H2,1-2H3,(H,73,77)/b55-53+. The van der Waals surface area contributed by atoms with E-state index >= 15 is 0 Å². The van der Waals surface area contributed by atoms with Gasteiger partial charge in [0.2, 0.25) is 5.91 Å². The second-order valence-corrected chi connectivity index (χ2v) is 26.4. The number of nitrogens with one attached hydrogen (secondary N) is 1. The van der Waals surface area contributed by atoms with Crippen molar-refractivity contribution in [3.8, 4) is 0 Å². The fourth-order valence-corrected chi connectivity index (χ4v) is 12.6. The molecule has 14 nitrogen and oxygen atoms in total. The van der Waals surface area contributed by atoms with Crippen molar-refractivity contribution in [3.63, 3.8) is 0 Å². The van der Waals surface area contributed by atoms with Crippen molar-refractivity contribution >= 4 is 5.91 Å². The van der Waals surface area contributed by atoms with Gasteiger partial charge >= 0.3 is 0 Å². The summed E-state index contributed by atoms with van der Waals surface area (Å²) in [6.45, 7) is 2.87. The number of hydrogen-bond acceptors (Lipinski definition) is 13. The second kappa shape index (κ2) is 57.6. The molecule has 2 fully saturated rings. The van der Waals surface area contributed by atoms with Crippen molar-refractivity contribution < 1.29 is 64.6 Å². The Balaban J connectivity index is 1.66. The SMILES string of the molecule is CCCCCCCCCCCCCCCCCCCCCCCCCCCCC/C=C/C(O)C(COC1OC(CO)C(OC2OC(CO)C(O)C(O)C2O)C(O)C1O)NC(=O)CCCCCCCCCCCCCCCCCCCCCCCCC. The van der Waals surface area contributed by atoms with Gasteiger partial charge in [-0.3, -0.25) is 4.79 Å². The van der Waals surface area contributed by atoms with Crippen LogP contribution in [0.4, 0.5) is 0 Å². The summed E-state index contributed by atoms with van der Waals surface area (Å²) in [7, 11) is 0. The second-order valence-electron chi connectivity index (χ2n) is 26.4. The van der Waals surface area contributed by atoms with Gasteiger partial charge in [-0.05, 0) is 19.3 Å². The van der Waals surface area contributed by atoms with E-state index in [1.54, 1.807) is 6.08 Å². The van der Waals surface area contributed by atoms with Crippen LogP contribution in [0, 0.1) is 0 Å². The predicted molar refractivity (Wildman–Crippen MR) is 351 cm³/mol. The Bertz CT molecular complexity index is 1490. The Morgan fingerprint density at radius 3 is 1.07 bits per heavy atom. The van der Waals surface area contributed by atoms with E-state index in [-0.39, 0.29) is 18.9 Å². The first-order valence-corrected chi connectivity index (χ1v) is 36.9. The molecular weight excluding hydrogens is 1090 g/mol. The zero-order valence-corrected chi connectivity index (χ0v) is 55.6. The Hall–Kier alpha value is -1.27. The minimum Gasteiger partial charge on any atom is -0.394 e. The van der Waals surface area contributed by atoms with Crippen molar-refractivity contribution in [1.82, 2.24) is 5.32 Å². The molecule has 14 heteroatoms. The molecule has 2 aliphatic heterocycles. The lowest BCUT2D eigenvalue weighted by Gasteiger charge is -2.46. The van der Waals surface area contributed by atoms with Crippen LogP contribution in [0.5, 0.6) is 0 Å². The van der Waals surface area contributed by atoms with Crippen molar-refractivity contribution in [2.45, 2.75) is 421 Å². The van der Waals surface area contributed by atoms with E-state index in [1.165, 1.54) is 283 Å². The number of rotatable bonds is 62. The molecule has 0 saturated carbocycles. The summed E-state index contributed by atoms with van der Waals surface area (Å²) in [5.41, 5.74) is 0. The van der Waals surface area contributed by atoms with Crippen LogP contribution in [0.1, 0.15) is 348 Å². The third kappa shape index (κ3) is 41.3. The number of hydrogen-bond donors (Lipinski definition) is 9. The lowest BCUT2D eigenvalue weighted by atomic mass is 9.97. The maximum Gasteiger partial charge on any atom is 0.220 e. The van der Waals surface area contributed by atoms with Crippen LogP contribution in [-0.4, -0.2) is 140 Å². The molecule has 0 aromatic carbocycles. The first-order valence-electron chi connectivity index (χ1n) is 36.9. The molecular formula is C72H139NO13. The molecule has 1 amide bonds. The Morgan fingerprint density at radius 2 is 0.721 bits per heavy atom. The van der Waals surface area contributed by atoms with E-state index in [4.69, 9.17) is 18.9 Å². The molecule has 0 bridgehead atoms. The Kier molecular flexibility index (Phi) is 54.1. The van der Waals surface area contributed by atoms with Gasteiger partial charge in [0, 0.05) is 6.42 Å². The van der Waals surface area contributed by atoms with Crippen LogP contribution in [0.2, 0.25) is 0 Å². The third-order valence-electron chi connectivity index (χ3n) is 18.5. The van der Waals surface area contributed by atoms with Crippen LogP contribution in [0.3, 0.4) is 0 Å². The molecule has 510 valence electrons. The molecule has 0 spiro atoms. The molecule has 0 radical (unpaired) electrons. The third-order valence-corrected chi connectivity index (χ3v) is 18.5. The summed E-state index contributed by atoms with van der Waals surface area (Å²) >= 11 is 0. The number of amides is 1. The summed E-state index contributed by atoms with van der Waals surface area (Å²) in [5.74, 6) is -0.230. The molecule has 2 aliphatic rings. The number of ether oxygens (including phenoxy) is 4. The van der Waals surface area contributed by atoms with Crippen LogP contribution < -0.4 is 5.32 Å². The molecule has 2 heterocycles. The van der Waals surface area contributed by atoms with Crippen molar-refractivity contribution in [3.05, 3.63) is 12.2 Å². The van der Waals surface area contributed by atoms with E-state index in [9.17, 15) is 45.6 Å². The summed E-state index contributed by atoms with van der Waals surface area (Å²) in [6, 6.07) is -0.911. The molecule has 12 unspecified atom stereocenters. The lowest BCUT2D eigenvalue weighted by Crippen LogP contribution is -2.65. The summed E-state index contributed by atoms with van der Waals surface area (Å²) < 4.78 is 22.9. The van der Waals surface area contributed by atoms with E-state index in [1.807, 2.05) is 6.08 Å². The zero-order chi connectivity index (χ0) is 62.3. The van der Waals surface area contributed by atoms with E-state index in [0.29, 0.717) is 0 Å². The zero-order valence-electron chi connectivity index (χ0n) is 55.6. The fraction of sp³-hybridized carbons (Fsp3) is 0.958. The van der Waals surface area contributed by atoms with Crippen molar-refractivity contribution in [2.24, 2.45) is 0 Å². The molecule has 2 rings (SSSR count). The molecule has 0 aliphatic carbocycles. The van der Waals surface area contributed by atoms with Gasteiger partial charge in [-0.1, -0.05) is 334 Å². The molecule has 0 aromatic heterocycles. The number of carbonyl (C=O) groups is 1. The molecule has 2 saturated heterocycles. The number of unbranched alkanes of at least 4 members (excludes halogenated alkanes) is 49. The average molecular weight is 1230 g/mol. The van der Waals surface area contributed by atoms with E-state index < -0.39 is 86.8 Å². The van der Waals surface area contributed by atoms with Gasteiger partial charge in [-0.25, -0.2) is 0 Å². The number of carbonyl (C=O) groups excluding carboxylic acids is 1. The van der Waals surface area contributed by atoms with Crippen molar-refractivity contribution in [2.75, 3.05) is 19.8 Å². The maximum atomic E-state index is 13.3. The summed E-state index contributed by atoms with van der Waals surface area (Å²) in [4.78, 5) is 13.3. The highest BCUT2D eigenvalue weighted by atomic mass is 16.7. The molecule has 86 heavy (non-hydrogen) atoms. The van der Waals surface area contributed by atoms with Crippen LogP contribution in [-0.2, 0) is 23.7 Å². The Labute approximate surface area is 526 Å². The lowest BCUT2D eigenvalue weighted by molar-refractivity contribution is -0.359. The van der Waals surface area contributed by atoms with E-state index in [2.05, 4.69) is 19.2 Å². The highest BCUT2D eigenvalue weighted by Gasteiger charge is 2.51. The van der Waals surface area contributed by atoms with Gasteiger partial charge in [0.05, 0.1) is 32.0 Å². The number of allylic oxidation sites excluding steroid dienone is 1. The number of aliphatic hydroxyl groups is 8. The Morgan fingerprint density at radius 1 is 0.407 bits per heavy atom. The van der Waals surface area contributed by atoms with Crippen LogP contribution >= 0.6 is 0 Å². The fourth-order valence-electron chi connectivity index (χ4n) is 12.6. The normalized spacial score (nSPS) is 23.4. The molecule has 0 aromatic rings. The summed E-state index contributed by atoms with van der Waals surface area (Å²) in [6.07, 6.45) is 54.2. The van der Waals surface area contributed by atoms with Crippen molar-refractivity contribution in [1.29, 1.82) is 0 Å². The van der Waals surface area contributed by atoms with Crippen LogP contribution in [0.25, 0.3) is 0 Å². The topological polar surface area (TPSA) is 228 Å². The van der Waals surface area contributed by atoms with Gasteiger partial charge in [0.25, 0.3) is 0 Å². The highest BCUT2D eigenvalue weighted by molar-refractivity contribution is 5.76. The quantitative estimate of drug-likeness (QED) is 0.0204. The molecule has 9 N–H and O–H groups in total. The largest absolute Gasteiger partial charge is 0.394 e. The van der Waals surface area contributed by atoms with Gasteiger partial charge in [-0.2, -0.15) is 0 Å². The van der Waals surface area contributed by atoms with E-state index in [0.717, 1.165) is 44.9 Å². The first kappa shape index (κ1) is 80.8. The number of aliphatic hydroxyl groups excluding tert-OH is 8. The minimum atomic E-state index is -1.79. The summed E-state index contributed by atoms with van der Waals surface area (Å²) in [5, 5.41) is 87.5. The smallest absolute Gasteiger partial charge is 0.220 e. The van der Waals surface area contributed by atoms with Gasteiger partial charge in [0.15, 0.2) is 12.6 Å². The average Bonchev–Trinajstić information content (AvgIpc) is 2.54. The minimum absolute atomic E-state index is 0.230. The highest BCUT2D eigenvalue weighted by Crippen LogP contribution is 2.30. The first-order chi connectivity index (χ1) is 42.1. The van der Waals surface area contributed by atoms with Crippen LogP contribution in [0.15, 0.2) is 12.2 Å². The molecule has 12 atom stereocenters. The maximum absolute atomic E-state index is 13.3. The van der Waals surface area contributed by atoms with Gasteiger partial charge in [0.1, 0.15) is 48.8 Å². The monoisotopic (exact) mass is 1230 g/mol. The van der Waals surface area contributed by atoms with Gasteiger partial charge in [-0.15, -0.1) is 0 Å². The predicted octanol–water partition coefficient (Wildman–Crippen LogP) is 15.4. The van der Waals surface area contributed by atoms with Gasteiger partial charge < -0.3 is 65.1 Å².